The van der Waals surface area contributed by atoms with Gasteiger partial charge >= 0.3 is 6.03 Å². The molecule has 10 heteroatoms. The van der Waals surface area contributed by atoms with Crippen molar-refractivity contribution in [2.24, 2.45) is 0 Å². The van der Waals surface area contributed by atoms with E-state index in [9.17, 15) is 14.0 Å². The van der Waals surface area contributed by atoms with Crippen molar-refractivity contribution in [3.63, 3.8) is 0 Å². The Morgan fingerprint density at radius 1 is 1.09 bits per heavy atom. The third-order valence-electron chi connectivity index (χ3n) is 5.02. The van der Waals surface area contributed by atoms with Crippen molar-refractivity contribution in [1.29, 1.82) is 0 Å². The lowest BCUT2D eigenvalue weighted by molar-refractivity contribution is 0.104. The van der Waals surface area contributed by atoms with Crippen LogP contribution in [0, 0.1) is 5.82 Å². The maximum atomic E-state index is 14.4. The lowest BCUT2D eigenvalue weighted by Gasteiger charge is -2.10. The van der Waals surface area contributed by atoms with Gasteiger partial charge in [0.1, 0.15) is 23.6 Å². The Hall–Kier alpha value is -3.98. The predicted molar refractivity (Wildman–Crippen MR) is 126 cm³/mol. The standard InChI is InChI=1S/C23H20ClFN6O2/c1-12(2)31-10-16(19-21(26)27-11-28-22(19)31)20(32)13-3-8-17(25)18(9-13)30-23(33)29-15-6-4-14(24)5-7-15/h3-12H,1-2H3,(H2,26,27,28)(H2,29,30,33). The molecule has 4 rings (SSSR count). The molecule has 33 heavy (non-hydrogen) atoms. The molecule has 0 aliphatic heterocycles. The van der Waals surface area contributed by atoms with Crippen molar-refractivity contribution in [2.75, 3.05) is 16.4 Å². The molecule has 2 aromatic heterocycles. The number of rotatable bonds is 5. The summed E-state index contributed by atoms with van der Waals surface area (Å²) in [6.45, 7) is 3.90. The molecule has 168 valence electrons. The number of aromatic nitrogens is 3. The number of ketones is 1. The first-order valence-electron chi connectivity index (χ1n) is 10.0. The third-order valence-corrected chi connectivity index (χ3v) is 5.27. The van der Waals surface area contributed by atoms with E-state index in [1.807, 2.05) is 18.4 Å². The minimum absolute atomic E-state index is 0.0189. The summed E-state index contributed by atoms with van der Waals surface area (Å²) < 4.78 is 16.2. The monoisotopic (exact) mass is 466 g/mol. The smallest absolute Gasteiger partial charge is 0.323 e. The summed E-state index contributed by atoms with van der Waals surface area (Å²) in [5, 5.41) is 5.95. The average molecular weight is 467 g/mol. The highest BCUT2D eigenvalue weighted by atomic mass is 35.5. The van der Waals surface area contributed by atoms with E-state index in [0.717, 1.165) is 6.07 Å². The van der Waals surface area contributed by atoms with Gasteiger partial charge in [-0.2, -0.15) is 0 Å². The summed E-state index contributed by atoms with van der Waals surface area (Å²) in [7, 11) is 0. The summed E-state index contributed by atoms with van der Waals surface area (Å²) in [5.41, 5.74) is 7.36. The zero-order chi connectivity index (χ0) is 23.7. The van der Waals surface area contributed by atoms with E-state index in [1.54, 1.807) is 30.5 Å². The van der Waals surface area contributed by atoms with Crippen molar-refractivity contribution in [1.82, 2.24) is 14.5 Å². The highest BCUT2D eigenvalue weighted by Gasteiger charge is 2.22. The van der Waals surface area contributed by atoms with Gasteiger partial charge in [-0.1, -0.05) is 11.6 Å². The Balaban J connectivity index is 1.64. The number of hydrogen-bond acceptors (Lipinski definition) is 5. The van der Waals surface area contributed by atoms with Gasteiger partial charge in [0.25, 0.3) is 0 Å². The number of nitrogens with zero attached hydrogens (tertiary/aromatic N) is 3. The molecule has 8 nitrogen and oxygen atoms in total. The number of benzene rings is 2. The molecule has 0 saturated heterocycles. The molecule has 0 aliphatic rings. The fourth-order valence-electron chi connectivity index (χ4n) is 3.41. The molecule has 4 N–H and O–H groups in total. The van der Waals surface area contributed by atoms with Crippen LogP contribution in [0.25, 0.3) is 11.0 Å². The Labute approximate surface area is 193 Å². The van der Waals surface area contributed by atoms with Gasteiger partial charge in [0, 0.05) is 28.5 Å². The second-order valence-corrected chi connectivity index (χ2v) is 8.05. The summed E-state index contributed by atoms with van der Waals surface area (Å²) in [6.07, 6.45) is 3.00. The maximum absolute atomic E-state index is 14.4. The number of nitrogens with one attached hydrogen (secondary N) is 2. The van der Waals surface area contributed by atoms with E-state index >= 15 is 0 Å². The number of fused-ring (bicyclic) bond motifs is 1. The van der Waals surface area contributed by atoms with Crippen LogP contribution in [-0.2, 0) is 0 Å². The van der Waals surface area contributed by atoms with E-state index in [-0.39, 0.29) is 23.1 Å². The first kappa shape index (κ1) is 22.2. The summed E-state index contributed by atoms with van der Waals surface area (Å²) in [4.78, 5) is 33.9. The summed E-state index contributed by atoms with van der Waals surface area (Å²) in [5.74, 6) is -0.919. The molecule has 2 aromatic carbocycles. The molecule has 0 saturated carbocycles. The molecule has 4 aromatic rings. The van der Waals surface area contributed by atoms with E-state index < -0.39 is 17.6 Å². The van der Waals surface area contributed by atoms with Crippen LogP contribution < -0.4 is 16.4 Å². The molecule has 0 fully saturated rings. The predicted octanol–water partition coefficient (Wildman–Crippen LogP) is 5.26. The average Bonchev–Trinajstić information content (AvgIpc) is 3.18. The van der Waals surface area contributed by atoms with Crippen LogP contribution in [0.1, 0.15) is 35.8 Å². The Kier molecular flexibility index (Phi) is 5.97. The van der Waals surface area contributed by atoms with Gasteiger partial charge in [-0.15, -0.1) is 0 Å². The van der Waals surface area contributed by atoms with Crippen LogP contribution in [0.5, 0.6) is 0 Å². The third kappa shape index (κ3) is 4.49. The SMILES string of the molecule is CC(C)n1cc(C(=O)c2ccc(F)c(NC(=O)Nc3ccc(Cl)cc3)c2)c2c(N)ncnc21. The number of carbonyl (C=O) groups is 2. The largest absolute Gasteiger partial charge is 0.383 e. The minimum Gasteiger partial charge on any atom is -0.383 e. The van der Waals surface area contributed by atoms with Crippen molar-refractivity contribution in [2.45, 2.75) is 19.9 Å². The molecular weight excluding hydrogens is 447 g/mol. The van der Waals surface area contributed by atoms with E-state index in [0.29, 0.717) is 27.3 Å². The first-order chi connectivity index (χ1) is 15.7. The molecule has 0 unspecified atom stereocenters. The Morgan fingerprint density at radius 3 is 2.52 bits per heavy atom. The molecule has 0 spiro atoms. The molecule has 2 amide bonds. The van der Waals surface area contributed by atoms with Crippen LogP contribution >= 0.6 is 11.6 Å². The fraction of sp³-hybridized carbons (Fsp3) is 0.130. The van der Waals surface area contributed by atoms with Gasteiger partial charge in [-0.25, -0.2) is 19.2 Å². The number of amides is 2. The molecule has 0 aliphatic carbocycles. The van der Waals surface area contributed by atoms with Crippen molar-refractivity contribution >= 4 is 51.6 Å². The van der Waals surface area contributed by atoms with Gasteiger partial charge in [0.2, 0.25) is 0 Å². The second-order valence-electron chi connectivity index (χ2n) is 7.61. The van der Waals surface area contributed by atoms with E-state index in [2.05, 4.69) is 20.6 Å². The number of nitrogen functional groups attached to an aromatic ring is 1. The molecule has 0 atom stereocenters. The van der Waals surface area contributed by atoms with Crippen LogP contribution in [0.15, 0.2) is 55.0 Å². The lowest BCUT2D eigenvalue weighted by Crippen LogP contribution is -2.20. The Morgan fingerprint density at radius 2 is 1.82 bits per heavy atom. The second kappa shape index (κ2) is 8.87. The van der Waals surface area contributed by atoms with E-state index in [4.69, 9.17) is 17.3 Å². The van der Waals surface area contributed by atoms with Crippen molar-refractivity contribution in [3.05, 3.63) is 77.0 Å². The quantitative estimate of drug-likeness (QED) is 0.347. The fourth-order valence-corrected chi connectivity index (χ4v) is 3.54. The summed E-state index contributed by atoms with van der Waals surface area (Å²) >= 11 is 5.83. The minimum atomic E-state index is -0.690. The zero-order valence-electron chi connectivity index (χ0n) is 17.8. The molecule has 0 radical (unpaired) electrons. The van der Waals surface area contributed by atoms with Gasteiger partial charge < -0.3 is 20.9 Å². The van der Waals surface area contributed by atoms with Crippen LogP contribution in [0.2, 0.25) is 5.02 Å². The number of anilines is 3. The number of urea groups is 1. The zero-order valence-corrected chi connectivity index (χ0v) is 18.5. The van der Waals surface area contributed by atoms with Crippen LogP contribution in [0.4, 0.5) is 26.4 Å². The first-order valence-corrected chi connectivity index (χ1v) is 10.4. The lowest BCUT2D eigenvalue weighted by atomic mass is 10.0. The number of hydrogen-bond donors (Lipinski definition) is 3. The van der Waals surface area contributed by atoms with Crippen molar-refractivity contribution in [3.8, 4) is 0 Å². The highest BCUT2D eigenvalue weighted by molar-refractivity contribution is 6.30. The number of nitrogens with two attached hydrogens (primary N) is 1. The van der Waals surface area contributed by atoms with Gasteiger partial charge in [0.15, 0.2) is 5.78 Å². The van der Waals surface area contributed by atoms with Gasteiger partial charge in [-0.05, 0) is 56.3 Å². The van der Waals surface area contributed by atoms with E-state index in [1.165, 1.54) is 18.5 Å². The molecule has 0 bridgehead atoms. The van der Waals surface area contributed by atoms with Crippen LogP contribution in [-0.4, -0.2) is 26.3 Å². The Bertz CT molecular complexity index is 1370. The van der Waals surface area contributed by atoms with Gasteiger partial charge in [0.05, 0.1) is 16.6 Å². The van der Waals surface area contributed by atoms with Gasteiger partial charge in [-0.3, -0.25) is 4.79 Å². The normalized spacial score (nSPS) is 11.1. The van der Waals surface area contributed by atoms with Crippen molar-refractivity contribution < 1.29 is 14.0 Å². The summed E-state index contributed by atoms with van der Waals surface area (Å²) in [6, 6.07) is 9.52. The molecular formula is C23H20ClFN6O2. The number of carbonyl (C=O) groups excluding carboxylic acids is 2. The number of halogens is 2. The maximum Gasteiger partial charge on any atom is 0.323 e. The van der Waals surface area contributed by atoms with Crippen LogP contribution in [0.3, 0.4) is 0 Å². The topological polar surface area (TPSA) is 115 Å². The molecule has 2 heterocycles. The highest BCUT2D eigenvalue weighted by Crippen LogP contribution is 2.29.